The number of benzene rings is 1. The molecular formula is C19H27N3O3. The van der Waals surface area contributed by atoms with Crippen LogP contribution in [-0.4, -0.2) is 30.3 Å². The van der Waals surface area contributed by atoms with Gasteiger partial charge in [0, 0.05) is 24.0 Å². The third-order valence-electron chi connectivity index (χ3n) is 4.07. The third kappa shape index (κ3) is 5.00. The van der Waals surface area contributed by atoms with Crippen LogP contribution in [0.1, 0.15) is 33.5 Å². The summed E-state index contributed by atoms with van der Waals surface area (Å²) in [6, 6.07) is 11.1. The fourth-order valence-electron chi connectivity index (χ4n) is 2.68. The molecular weight excluding hydrogens is 318 g/mol. The first-order valence-corrected chi connectivity index (χ1v) is 8.51. The molecule has 2 rings (SSSR count). The van der Waals surface area contributed by atoms with Gasteiger partial charge in [0.05, 0.1) is 12.8 Å². The SMILES string of the molecule is CCN(c1ccc(NC(=O)NCC(C)(O)c2ccco2)cc1)C(C)C. The van der Waals surface area contributed by atoms with E-state index in [0.717, 1.165) is 12.2 Å². The summed E-state index contributed by atoms with van der Waals surface area (Å²) in [5.41, 5.74) is 0.548. The topological polar surface area (TPSA) is 77.7 Å². The average Bonchev–Trinajstić information content (AvgIpc) is 3.10. The monoisotopic (exact) mass is 345 g/mol. The summed E-state index contributed by atoms with van der Waals surface area (Å²) in [6.07, 6.45) is 1.49. The van der Waals surface area contributed by atoms with Crippen LogP contribution in [0.2, 0.25) is 0 Å². The molecule has 0 aliphatic heterocycles. The van der Waals surface area contributed by atoms with E-state index in [1.54, 1.807) is 19.1 Å². The van der Waals surface area contributed by atoms with Gasteiger partial charge in [-0.05, 0) is 64.1 Å². The first-order valence-electron chi connectivity index (χ1n) is 8.51. The van der Waals surface area contributed by atoms with E-state index in [1.807, 2.05) is 24.3 Å². The molecule has 0 saturated heterocycles. The van der Waals surface area contributed by atoms with Gasteiger partial charge < -0.3 is 25.1 Å². The summed E-state index contributed by atoms with van der Waals surface area (Å²) in [6.45, 7) is 8.97. The number of nitrogens with zero attached hydrogens (tertiary/aromatic N) is 1. The van der Waals surface area contributed by atoms with Gasteiger partial charge in [0.15, 0.2) is 0 Å². The van der Waals surface area contributed by atoms with Gasteiger partial charge in [-0.15, -0.1) is 0 Å². The van der Waals surface area contributed by atoms with Crippen molar-refractivity contribution < 1.29 is 14.3 Å². The van der Waals surface area contributed by atoms with Gasteiger partial charge in [0.25, 0.3) is 0 Å². The van der Waals surface area contributed by atoms with Crippen molar-refractivity contribution in [1.29, 1.82) is 0 Å². The minimum absolute atomic E-state index is 0.0430. The molecule has 25 heavy (non-hydrogen) atoms. The van der Waals surface area contributed by atoms with E-state index < -0.39 is 5.60 Å². The van der Waals surface area contributed by atoms with E-state index in [0.29, 0.717) is 17.5 Å². The van der Waals surface area contributed by atoms with Crippen LogP contribution in [0, 0.1) is 0 Å². The molecule has 1 heterocycles. The molecule has 0 radical (unpaired) electrons. The van der Waals surface area contributed by atoms with E-state index in [2.05, 4.69) is 36.3 Å². The molecule has 0 aliphatic rings. The van der Waals surface area contributed by atoms with Crippen molar-refractivity contribution in [3.05, 3.63) is 48.4 Å². The molecule has 6 heteroatoms. The molecule has 2 amide bonds. The number of hydrogen-bond donors (Lipinski definition) is 3. The highest BCUT2D eigenvalue weighted by Crippen LogP contribution is 2.21. The maximum absolute atomic E-state index is 12.0. The lowest BCUT2D eigenvalue weighted by atomic mass is 10.0. The zero-order valence-electron chi connectivity index (χ0n) is 15.2. The number of amides is 2. The smallest absolute Gasteiger partial charge is 0.319 e. The Kier molecular flexibility index (Phi) is 6.09. The van der Waals surface area contributed by atoms with Gasteiger partial charge in [-0.25, -0.2) is 4.79 Å². The normalized spacial score (nSPS) is 13.4. The predicted molar refractivity (Wildman–Crippen MR) is 99.9 cm³/mol. The van der Waals surface area contributed by atoms with Crippen LogP contribution in [0.25, 0.3) is 0 Å². The molecule has 1 atom stereocenters. The van der Waals surface area contributed by atoms with Crippen LogP contribution in [-0.2, 0) is 5.60 Å². The third-order valence-corrected chi connectivity index (χ3v) is 4.07. The summed E-state index contributed by atoms with van der Waals surface area (Å²) in [5.74, 6) is 0.408. The summed E-state index contributed by atoms with van der Waals surface area (Å²) >= 11 is 0. The zero-order valence-corrected chi connectivity index (χ0v) is 15.2. The van der Waals surface area contributed by atoms with E-state index in [-0.39, 0.29) is 12.6 Å². The largest absolute Gasteiger partial charge is 0.466 e. The van der Waals surface area contributed by atoms with E-state index in [9.17, 15) is 9.90 Å². The highest BCUT2D eigenvalue weighted by molar-refractivity contribution is 5.89. The first kappa shape index (κ1) is 18.9. The Labute approximate surface area is 148 Å². The Balaban J connectivity index is 1.90. The lowest BCUT2D eigenvalue weighted by Gasteiger charge is -2.27. The Morgan fingerprint density at radius 1 is 1.28 bits per heavy atom. The fraction of sp³-hybridized carbons (Fsp3) is 0.421. The van der Waals surface area contributed by atoms with Crippen molar-refractivity contribution >= 4 is 17.4 Å². The Bertz CT molecular complexity index is 664. The second-order valence-electron chi connectivity index (χ2n) is 6.49. The standard InChI is InChI=1S/C19H27N3O3/c1-5-22(14(2)3)16-10-8-15(9-11-16)21-18(23)20-13-19(4,24)17-7-6-12-25-17/h6-12,14,24H,5,13H2,1-4H3,(H2,20,21,23). The van der Waals surface area contributed by atoms with E-state index in [1.165, 1.54) is 6.26 Å². The van der Waals surface area contributed by atoms with Crippen LogP contribution >= 0.6 is 0 Å². The number of furan rings is 1. The van der Waals surface area contributed by atoms with E-state index >= 15 is 0 Å². The summed E-state index contributed by atoms with van der Waals surface area (Å²) in [7, 11) is 0. The number of urea groups is 1. The van der Waals surface area contributed by atoms with Crippen LogP contribution in [0.5, 0.6) is 0 Å². The molecule has 3 N–H and O–H groups in total. The lowest BCUT2D eigenvalue weighted by molar-refractivity contribution is 0.0372. The van der Waals surface area contributed by atoms with Crippen LogP contribution in [0.3, 0.4) is 0 Å². The van der Waals surface area contributed by atoms with Gasteiger partial charge in [0.2, 0.25) is 0 Å². The summed E-state index contributed by atoms with van der Waals surface area (Å²) in [4.78, 5) is 14.3. The van der Waals surface area contributed by atoms with Crippen LogP contribution in [0.15, 0.2) is 47.1 Å². The molecule has 0 bridgehead atoms. The maximum Gasteiger partial charge on any atom is 0.319 e. The Hall–Kier alpha value is -2.47. The molecule has 1 aromatic carbocycles. The number of anilines is 2. The number of aliphatic hydroxyl groups is 1. The predicted octanol–water partition coefficient (Wildman–Crippen LogP) is 3.54. The number of carbonyl (C=O) groups excluding carboxylic acids is 1. The van der Waals surface area contributed by atoms with E-state index in [4.69, 9.17) is 4.42 Å². The Morgan fingerprint density at radius 3 is 2.48 bits per heavy atom. The average molecular weight is 345 g/mol. The second kappa shape index (κ2) is 8.07. The second-order valence-corrected chi connectivity index (χ2v) is 6.49. The first-order chi connectivity index (χ1) is 11.8. The molecule has 0 spiro atoms. The molecule has 0 saturated carbocycles. The molecule has 0 aliphatic carbocycles. The molecule has 136 valence electrons. The fourth-order valence-corrected chi connectivity index (χ4v) is 2.68. The molecule has 2 aromatic rings. The number of nitrogens with one attached hydrogen (secondary N) is 2. The van der Waals surface area contributed by atoms with Gasteiger partial charge in [0.1, 0.15) is 11.4 Å². The molecule has 1 unspecified atom stereocenters. The van der Waals surface area contributed by atoms with Crippen molar-refractivity contribution in [3.63, 3.8) is 0 Å². The zero-order chi connectivity index (χ0) is 18.4. The van der Waals surface area contributed by atoms with Crippen LogP contribution < -0.4 is 15.5 Å². The van der Waals surface area contributed by atoms with Crippen molar-refractivity contribution in [2.45, 2.75) is 39.3 Å². The lowest BCUT2D eigenvalue weighted by Crippen LogP contribution is -2.40. The summed E-state index contributed by atoms with van der Waals surface area (Å²) < 4.78 is 5.19. The van der Waals surface area contributed by atoms with Crippen molar-refractivity contribution in [2.24, 2.45) is 0 Å². The minimum Gasteiger partial charge on any atom is -0.466 e. The summed E-state index contributed by atoms with van der Waals surface area (Å²) in [5, 5.41) is 15.7. The van der Waals surface area contributed by atoms with Crippen LogP contribution in [0.4, 0.5) is 16.2 Å². The number of carbonyl (C=O) groups is 1. The van der Waals surface area contributed by atoms with Gasteiger partial charge in [-0.3, -0.25) is 0 Å². The molecule has 0 fully saturated rings. The van der Waals surface area contributed by atoms with Gasteiger partial charge >= 0.3 is 6.03 Å². The minimum atomic E-state index is -1.26. The molecule has 1 aromatic heterocycles. The van der Waals surface area contributed by atoms with Gasteiger partial charge in [-0.2, -0.15) is 0 Å². The number of rotatable bonds is 7. The highest BCUT2D eigenvalue weighted by Gasteiger charge is 2.26. The maximum atomic E-state index is 12.0. The Morgan fingerprint density at radius 2 is 1.96 bits per heavy atom. The molecule has 6 nitrogen and oxygen atoms in total. The van der Waals surface area contributed by atoms with Crippen molar-refractivity contribution in [2.75, 3.05) is 23.3 Å². The quantitative estimate of drug-likeness (QED) is 0.717. The van der Waals surface area contributed by atoms with Crippen molar-refractivity contribution in [3.8, 4) is 0 Å². The highest BCUT2D eigenvalue weighted by atomic mass is 16.4. The van der Waals surface area contributed by atoms with Crippen molar-refractivity contribution in [1.82, 2.24) is 5.32 Å². The number of hydrogen-bond acceptors (Lipinski definition) is 4. The van der Waals surface area contributed by atoms with Gasteiger partial charge in [-0.1, -0.05) is 0 Å².